The average Bonchev–Trinajstić information content (AvgIpc) is 2.52. The molecule has 2 rings (SSSR count). The van der Waals surface area contributed by atoms with E-state index in [-0.39, 0.29) is 22.4 Å². The van der Waals surface area contributed by atoms with E-state index in [0.717, 1.165) is 0 Å². The monoisotopic (exact) mass is 340 g/mol. The molecule has 0 saturated carbocycles. The summed E-state index contributed by atoms with van der Waals surface area (Å²) in [6.07, 6.45) is 1.17. The number of piperidine rings is 1. The van der Waals surface area contributed by atoms with Crippen LogP contribution in [0.4, 0.5) is 4.39 Å². The summed E-state index contributed by atoms with van der Waals surface area (Å²) in [5, 5.41) is 3.04. The first kappa shape index (κ1) is 17.7. The number of nitrogens with zero attached hydrogens (tertiary/aromatic N) is 1. The minimum Gasteiger partial charge on any atom is -0.356 e. The molecule has 1 aromatic rings. The smallest absolute Gasteiger partial charge is 0.258 e. The first-order chi connectivity index (χ1) is 10.9. The summed E-state index contributed by atoms with van der Waals surface area (Å²) < 4.78 is 13.8. The van der Waals surface area contributed by atoms with E-state index in [4.69, 9.17) is 11.6 Å². The van der Waals surface area contributed by atoms with Crippen molar-refractivity contribution in [2.75, 3.05) is 19.6 Å². The third-order valence-electron chi connectivity index (χ3n) is 4.01. The Bertz CT molecular complexity index is 564. The Morgan fingerprint density at radius 3 is 2.57 bits per heavy atom. The minimum atomic E-state index is -0.612. The lowest BCUT2D eigenvalue weighted by molar-refractivity contribution is -0.126. The van der Waals surface area contributed by atoms with Crippen LogP contribution in [0.1, 0.15) is 37.0 Å². The lowest BCUT2D eigenvalue weighted by atomic mass is 9.95. The van der Waals surface area contributed by atoms with Gasteiger partial charge >= 0.3 is 0 Å². The van der Waals surface area contributed by atoms with Crippen LogP contribution in [0.15, 0.2) is 18.2 Å². The van der Waals surface area contributed by atoms with Crippen molar-refractivity contribution in [3.8, 4) is 0 Å². The number of likely N-dealkylation sites (tertiary alicyclic amines) is 1. The van der Waals surface area contributed by atoms with Crippen LogP contribution in [0.2, 0.25) is 5.02 Å². The molecule has 0 unspecified atom stereocenters. The van der Waals surface area contributed by atoms with Crippen molar-refractivity contribution in [3.63, 3.8) is 0 Å². The van der Waals surface area contributed by atoms with Gasteiger partial charge in [-0.3, -0.25) is 9.59 Å². The second kappa shape index (κ2) is 7.77. The maximum Gasteiger partial charge on any atom is 0.258 e. The standard InChI is InChI=1S/C17H22ClFN2O2/c1-11(2)10-20-16(22)12-6-8-21(9-7-12)17(23)15-13(18)4-3-5-14(15)19/h3-5,11-12H,6-10H2,1-2H3,(H,20,22). The first-order valence-corrected chi connectivity index (χ1v) is 8.29. The van der Waals surface area contributed by atoms with E-state index in [1.807, 2.05) is 13.8 Å². The summed E-state index contributed by atoms with van der Waals surface area (Å²) in [5.41, 5.74) is -0.0862. The predicted molar refractivity (Wildman–Crippen MR) is 87.9 cm³/mol. The first-order valence-electron chi connectivity index (χ1n) is 7.91. The third-order valence-corrected chi connectivity index (χ3v) is 4.33. The fourth-order valence-electron chi connectivity index (χ4n) is 2.65. The maximum absolute atomic E-state index is 13.8. The zero-order valence-electron chi connectivity index (χ0n) is 13.4. The molecule has 1 heterocycles. The van der Waals surface area contributed by atoms with Crippen LogP contribution in [-0.4, -0.2) is 36.3 Å². The molecule has 1 aliphatic rings. The number of halogens is 2. The Morgan fingerprint density at radius 2 is 2.00 bits per heavy atom. The van der Waals surface area contributed by atoms with Gasteiger partial charge in [-0.1, -0.05) is 31.5 Å². The molecule has 6 heteroatoms. The van der Waals surface area contributed by atoms with Crippen molar-refractivity contribution in [1.29, 1.82) is 0 Å². The summed E-state index contributed by atoms with van der Waals surface area (Å²) >= 11 is 5.94. The molecule has 1 aliphatic heterocycles. The topological polar surface area (TPSA) is 49.4 Å². The number of carbonyl (C=O) groups excluding carboxylic acids is 2. The molecule has 0 atom stereocenters. The Morgan fingerprint density at radius 1 is 1.35 bits per heavy atom. The van der Waals surface area contributed by atoms with Gasteiger partial charge in [-0.05, 0) is 30.9 Å². The van der Waals surface area contributed by atoms with Gasteiger partial charge in [0.05, 0.1) is 10.6 Å². The van der Waals surface area contributed by atoms with Crippen LogP contribution in [0, 0.1) is 17.7 Å². The molecule has 1 fully saturated rings. The van der Waals surface area contributed by atoms with Gasteiger partial charge < -0.3 is 10.2 Å². The largest absolute Gasteiger partial charge is 0.356 e. The summed E-state index contributed by atoms with van der Waals surface area (Å²) in [6, 6.07) is 4.20. The highest BCUT2D eigenvalue weighted by Gasteiger charge is 2.29. The molecule has 0 spiro atoms. The third kappa shape index (κ3) is 4.44. The number of carbonyl (C=O) groups is 2. The number of hydrogen-bond acceptors (Lipinski definition) is 2. The van der Waals surface area contributed by atoms with Crippen LogP contribution >= 0.6 is 11.6 Å². The molecular formula is C17H22ClFN2O2. The SMILES string of the molecule is CC(C)CNC(=O)C1CCN(C(=O)c2c(F)cccc2Cl)CC1. The molecule has 1 saturated heterocycles. The highest BCUT2D eigenvalue weighted by molar-refractivity contribution is 6.33. The summed E-state index contributed by atoms with van der Waals surface area (Å²) in [4.78, 5) is 26.1. The second-order valence-electron chi connectivity index (χ2n) is 6.30. The van der Waals surface area contributed by atoms with Gasteiger partial charge in [-0.25, -0.2) is 4.39 Å². The minimum absolute atomic E-state index is 0.0368. The fourth-order valence-corrected chi connectivity index (χ4v) is 2.90. The molecular weight excluding hydrogens is 319 g/mol. The Hall–Kier alpha value is -1.62. The molecule has 0 aliphatic carbocycles. The molecule has 126 valence electrons. The lowest BCUT2D eigenvalue weighted by Gasteiger charge is -2.31. The normalized spacial score (nSPS) is 15.8. The van der Waals surface area contributed by atoms with E-state index in [2.05, 4.69) is 5.32 Å². The molecule has 4 nitrogen and oxygen atoms in total. The van der Waals surface area contributed by atoms with E-state index in [0.29, 0.717) is 38.4 Å². The molecule has 1 N–H and O–H groups in total. The number of amides is 2. The van der Waals surface area contributed by atoms with Crippen LogP contribution in [0.25, 0.3) is 0 Å². The Balaban J connectivity index is 1.94. The highest BCUT2D eigenvalue weighted by atomic mass is 35.5. The molecule has 2 amide bonds. The quantitative estimate of drug-likeness (QED) is 0.915. The molecule has 23 heavy (non-hydrogen) atoms. The number of nitrogens with one attached hydrogen (secondary N) is 1. The second-order valence-corrected chi connectivity index (χ2v) is 6.71. The highest BCUT2D eigenvalue weighted by Crippen LogP contribution is 2.24. The molecule has 0 bridgehead atoms. The van der Waals surface area contributed by atoms with Crippen molar-refractivity contribution in [2.45, 2.75) is 26.7 Å². The van der Waals surface area contributed by atoms with Gasteiger partial charge in [-0.15, -0.1) is 0 Å². The van der Waals surface area contributed by atoms with Crippen LogP contribution in [0.5, 0.6) is 0 Å². The van der Waals surface area contributed by atoms with E-state index in [1.165, 1.54) is 18.2 Å². The van der Waals surface area contributed by atoms with Gasteiger partial charge in [0.2, 0.25) is 5.91 Å². The van der Waals surface area contributed by atoms with Crippen molar-refractivity contribution in [2.24, 2.45) is 11.8 Å². The van der Waals surface area contributed by atoms with Crippen molar-refractivity contribution in [3.05, 3.63) is 34.6 Å². The number of rotatable bonds is 4. The number of hydrogen-bond donors (Lipinski definition) is 1. The van der Waals surface area contributed by atoms with Crippen molar-refractivity contribution >= 4 is 23.4 Å². The van der Waals surface area contributed by atoms with Gasteiger partial charge in [0.25, 0.3) is 5.91 Å². The van der Waals surface area contributed by atoms with Crippen molar-refractivity contribution < 1.29 is 14.0 Å². The van der Waals surface area contributed by atoms with Gasteiger partial charge in [0.15, 0.2) is 0 Å². The predicted octanol–water partition coefficient (Wildman–Crippen LogP) is 3.10. The van der Waals surface area contributed by atoms with Gasteiger partial charge in [0, 0.05) is 25.6 Å². The van der Waals surface area contributed by atoms with Crippen LogP contribution in [-0.2, 0) is 4.79 Å². The van der Waals surface area contributed by atoms with E-state index in [9.17, 15) is 14.0 Å². The summed E-state index contributed by atoms with van der Waals surface area (Å²) in [6.45, 7) is 5.61. The van der Waals surface area contributed by atoms with E-state index in [1.54, 1.807) is 4.90 Å². The zero-order chi connectivity index (χ0) is 17.0. The molecule has 1 aromatic carbocycles. The summed E-state index contributed by atoms with van der Waals surface area (Å²) in [5.74, 6) is -0.666. The van der Waals surface area contributed by atoms with E-state index >= 15 is 0 Å². The van der Waals surface area contributed by atoms with Crippen molar-refractivity contribution in [1.82, 2.24) is 10.2 Å². The fraction of sp³-hybridized carbons (Fsp3) is 0.529. The lowest BCUT2D eigenvalue weighted by Crippen LogP contribution is -2.43. The van der Waals surface area contributed by atoms with Gasteiger partial charge in [0.1, 0.15) is 5.82 Å². The Kier molecular flexibility index (Phi) is 5.99. The van der Waals surface area contributed by atoms with Gasteiger partial charge in [-0.2, -0.15) is 0 Å². The molecule has 0 radical (unpaired) electrons. The molecule has 0 aromatic heterocycles. The summed E-state index contributed by atoms with van der Waals surface area (Å²) in [7, 11) is 0. The van der Waals surface area contributed by atoms with E-state index < -0.39 is 11.7 Å². The average molecular weight is 341 g/mol. The maximum atomic E-state index is 13.8. The Labute approximate surface area is 141 Å². The van der Waals surface area contributed by atoms with Crippen LogP contribution in [0.3, 0.4) is 0 Å². The van der Waals surface area contributed by atoms with Crippen LogP contribution < -0.4 is 5.32 Å². The zero-order valence-corrected chi connectivity index (χ0v) is 14.2. The number of benzene rings is 1.